The molecule has 3 aliphatic rings. The van der Waals surface area contributed by atoms with Crippen LogP contribution < -0.4 is 54.8 Å². The van der Waals surface area contributed by atoms with Gasteiger partial charge in [-0.15, -0.1) is 0 Å². The summed E-state index contributed by atoms with van der Waals surface area (Å²) in [6, 6.07) is -0.520. The van der Waals surface area contributed by atoms with Crippen LogP contribution in [0.3, 0.4) is 0 Å². The van der Waals surface area contributed by atoms with Crippen LogP contribution in [-0.4, -0.2) is 138 Å². The summed E-state index contributed by atoms with van der Waals surface area (Å²) >= 11 is 0. The first-order valence-corrected chi connectivity index (χ1v) is 21.2. The first-order chi connectivity index (χ1) is 30.4. The fraction of sp³-hybridized carbons (Fsp3) is 0.561. The van der Waals surface area contributed by atoms with Crippen molar-refractivity contribution in [3.8, 4) is 0 Å². The van der Waals surface area contributed by atoms with Crippen LogP contribution in [0, 0.1) is 5.92 Å². The lowest BCUT2D eigenvalue weighted by Gasteiger charge is -2.30. The quantitative estimate of drug-likeness (QED) is 0.0273. The number of nitrogens with two attached hydrogens (primary N) is 4. The Morgan fingerprint density at radius 1 is 0.828 bits per heavy atom. The van der Waals surface area contributed by atoms with Gasteiger partial charge in [-0.25, -0.2) is 4.99 Å². The number of guanidine groups is 1. The number of nitrogens with zero attached hydrogens (tertiary/aromatic N) is 4. The number of nitrogens with one attached hydrogen (secondary N) is 6. The third-order valence-corrected chi connectivity index (χ3v) is 10.7. The first kappa shape index (κ1) is 49.7. The molecule has 8 unspecified atom stereocenters. The van der Waals surface area contributed by atoms with E-state index in [1.54, 1.807) is 30.3 Å². The van der Waals surface area contributed by atoms with Crippen molar-refractivity contribution < 1.29 is 43.2 Å². The summed E-state index contributed by atoms with van der Waals surface area (Å²) in [7, 11) is 0. The smallest absolute Gasteiger partial charge is 0.245 e. The van der Waals surface area contributed by atoms with Gasteiger partial charge in [-0.05, 0) is 50.0 Å². The zero-order valence-electron chi connectivity index (χ0n) is 36.0. The van der Waals surface area contributed by atoms with Crippen LogP contribution in [0.25, 0.3) is 0 Å². The van der Waals surface area contributed by atoms with Gasteiger partial charge < -0.3 is 59.7 Å². The summed E-state index contributed by atoms with van der Waals surface area (Å²) < 4.78 is 0. The Kier molecular flexibility index (Phi) is 18.7. The van der Waals surface area contributed by atoms with Gasteiger partial charge in [0.05, 0.1) is 12.5 Å². The van der Waals surface area contributed by atoms with Crippen molar-refractivity contribution in [2.45, 2.75) is 126 Å². The van der Waals surface area contributed by atoms with E-state index in [-0.39, 0.29) is 75.8 Å². The lowest BCUT2D eigenvalue weighted by atomic mass is 10.00. The van der Waals surface area contributed by atoms with Crippen molar-refractivity contribution in [1.82, 2.24) is 36.8 Å². The van der Waals surface area contributed by atoms with Crippen LogP contribution in [0.2, 0.25) is 0 Å². The standard InChI is InChI=1S/C41H60N14O9/c1-22(2)16-27(36(60)50-26(10-6-14-47-41(44)45)40(64)55-15-7-11-31(55)34(43)58)51-38(62)29(18-24-20-46-21-48-24)53-37(61)28(17-23-8-4-3-5-9-23)52-39(63)30(19-32(42)56)54-35(59)25-12-13-33(57)49-25/h3-5,8-9,20-22,24-31H,6-7,10-19H2,1-2H3,(H2,42,56)(H2,43,58)(H,49,57)(H,50,60)(H,51,62)(H,52,63)(H,53,61)(H,54,59)(H4,44,45,47). The van der Waals surface area contributed by atoms with E-state index < -0.39 is 102 Å². The summed E-state index contributed by atoms with van der Waals surface area (Å²) in [6.45, 7) is 4.04. The predicted molar refractivity (Wildman–Crippen MR) is 233 cm³/mol. The Morgan fingerprint density at radius 2 is 1.47 bits per heavy atom. The topological polar surface area (TPSA) is 370 Å². The molecule has 1 aromatic rings. The highest BCUT2D eigenvalue weighted by atomic mass is 16.2. The molecule has 64 heavy (non-hydrogen) atoms. The Balaban J connectivity index is 1.58. The highest BCUT2D eigenvalue weighted by Crippen LogP contribution is 2.20. The van der Waals surface area contributed by atoms with E-state index in [1.165, 1.54) is 17.5 Å². The molecule has 0 bridgehead atoms. The second-order valence-electron chi connectivity index (χ2n) is 16.4. The van der Waals surface area contributed by atoms with Crippen LogP contribution in [0.15, 0.2) is 45.3 Å². The summed E-state index contributed by atoms with van der Waals surface area (Å²) in [5.41, 5.74) is 22.6. The van der Waals surface area contributed by atoms with Crippen LogP contribution >= 0.6 is 0 Å². The minimum atomic E-state index is -1.53. The number of primary amides is 2. The number of hydrogen-bond donors (Lipinski definition) is 10. The molecular weight excluding hydrogens is 833 g/mol. The lowest BCUT2D eigenvalue weighted by molar-refractivity contribution is -0.141. The third-order valence-electron chi connectivity index (χ3n) is 10.7. The maximum Gasteiger partial charge on any atom is 0.245 e. The van der Waals surface area contributed by atoms with Crippen molar-refractivity contribution in [2.75, 3.05) is 13.1 Å². The van der Waals surface area contributed by atoms with Gasteiger partial charge >= 0.3 is 0 Å². The van der Waals surface area contributed by atoms with E-state index in [0.29, 0.717) is 18.4 Å². The zero-order valence-corrected chi connectivity index (χ0v) is 36.0. The number of carbonyl (C=O) groups is 9. The molecule has 14 N–H and O–H groups in total. The number of carbonyl (C=O) groups excluding carboxylic acids is 9. The predicted octanol–water partition coefficient (Wildman–Crippen LogP) is -3.75. The fourth-order valence-electron chi connectivity index (χ4n) is 7.53. The van der Waals surface area contributed by atoms with Crippen LogP contribution in [0.4, 0.5) is 0 Å². The SMILES string of the molecule is CC(C)CC(NC(=O)C(CC1C=NC=N1)NC(=O)C(Cc1ccccc1)NC(=O)C(CC(N)=O)NC(=O)C1CCC(=O)N1)C(=O)NC(CCCN=C(N)N)C(=O)N1CCCC1C(N)=O. The second-order valence-corrected chi connectivity index (χ2v) is 16.4. The molecule has 1 aromatic carbocycles. The Hall–Kier alpha value is -6.94. The van der Waals surface area contributed by atoms with E-state index in [1.807, 2.05) is 13.8 Å². The molecule has 0 radical (unpaired) electrons. The fourth-order valence-corrected chi connectivity index (χ4v) is 7.53. The molecule has 0 aromatic heterocycles. The average Bonchev–Trinajstić information content (AvgIpc) is 4.04. The first-order valence-electron chi connectivity index (χ1n) is 21.2. The number of aliphatic imine (C=N–C) groups is 3. The van der Waals surface area contributed by atoms with E-state index >= 15 is 0 Å². The van der Waals surface area contributed by atoms with Crippen molar-refractivity contribution >= 4 is 71.7 Å². The number of amides is 9. The third kappa shape index (κ3) is 15.4. The molecule has 3 heterocycles. The number of hydrogen-bond acceptors (Lipinski definition) is 12. The van der Waals surface area contributed by atoms with Crippen molar-refractivity contribution in [3.05, 3.63) is 35.9 Å². The Bertz CT molecular complexity index is 1960. The highest BCUT2D eigenvalue weighted by Gasteiger charge is 2.39. The average molecular weight is 893 g/mol. The summed E-state index contributed by atoms with van der Waals surface area (Å²) in [5.74, 6) is -6.81. The van der Waals surface area contributed by atoms with Gasteiger partial charge in [0.15, 0.2) is 5.96 Å². The lowest BCUT2D eigenvalue weighted by Crippen LogP contribution is -2.60. The molecule has 23 nitrogen and oxygen atoms in total. The summed E-state index contributed by atoms with van der Waals surface area (Å²) in [5, 5.41) is 15.7. The molecule has 0 spiro atoms. The summed E-state index contributed by atoms with van der Waals surface area (Å²) in [6.07, 6.45) is 3.52. The minimum Gasteiger partial charge on any atom is -0.370 e. The molecule has 23 heteroatoms. The Labute approximate surface area is 370 Å². The normalized spacial score (nSPS) is 20.0. The van der Waals surface area contributed by atoms with E-state index in [2.05, 4.69) is 46.9 Å². The zero-order chi connectivity index (χ0) is 46.9. The van der Waals surface area contributed by atoms with Crippen molar-refractivity contribution in [3.63, 3.8) is 0 Å². The van der Waals surface area contributed by atoms with E-state index in [0.717, 1.165) is 0 Å². The Morgan fingerprint density at radius 3 is 2.08 bits per heavy atom. The van der Waals surface area contributed by atoms with Crippen molar-refractivity contribution in [1.29, 1.82) is 0 Å². The summed E-state index contributed by atoms with van der Waals surface area (Å²) in [4.78, 5) is 133. The molecule has 2 saturated heterocycles. The highest BCUT2D eigenvalue weighted by molar-refractivity contribution is 5.99. The maximum absolute atomic E-state index is 14.3. The molecule has 0 aliphatic carbocycles. The molecule has 348 valence electrons. The molecule has 3 aliphatic heterocycles. The molecule has 9 amide bonds. The maximum atomic E-state index is 14.3. The van der Waals surface area contributed by atoms with Crippen LogP contribution in [-0.2, 0) is 49.6 Å². The second kappa shape index (κ2) is 24.1. The van der Waals surface area contributed by atoms with Gasteiger partial charge in [0, 0.05) is 38.6 Å². The van der Waals surface area contributed by atoms with E-state index in [9.17, 15) is 43.2 Å². The largest absolute Gasteiger partial charge is 0.370 e. The van der Waals surface area contributed by atoms with Gasteiger partial charge in [0.2, 0.25) is 53.2 Å². The molecule has 0 saturated carbocycles. The van der Waals surface area contributed by atoms with Crippen LogP contribution in [0.1, 0.15) is 77.2 Å². The van der Waals surface area contributed by atoms with E-state index in [4.69, 9.17) is 22.9 Å². The number of benzene rings is 1. The molecule has 4 rings (SSSR count). The molecule has 8 atom stereocenters. The number of likely N-dealkylation sites (tertiary alicyclic amines) is 1. The van der Waals surface area contributed by atoms with Crippen LogP contribution in [0.5, 0.6) is 0 Å². The van der Waals surface area contributed by atoms with Gasteiger partial charge in [0.25, 0.3) is 0 Å². The monoisotopic (exact) mass is 892 g/mol. The van der Waals surface area contributed by atoms with Crippen molar-refractivity contribution in [2.24, 2.45) is 43.8 Å². The van der Waals surface area contributed by atoms with Gasteiger partial charge in [-0.1, -0.05) is 44.2 Å². The minimum absolute atomic E-state index is 0.0824. The molecule has 2 fully saturated rings. The number of rotatable bonds is 24. The van der Waals surface area contributed by atoms with Gasteiger partial charge in [0.1, 0.15) is 48.6 Å². The van der Waals surface area contributed by atoms with Gasteiger partial charge in [-0.2, -0.15) is 0 Å². The molecular formula is C41H60N14O9. The van der Waals surface area contributed by atoms with Gasteiger partial charge in [-0.3, -0.25) is 53.1 Å².